The molecule has 12 nitrogen and oxygen atoms in total. The first kappa shape index (κ1) is 22.5. The van der Waals surface area contributed by atoms with Crippen molar-refractivity contribution >= 4 is 38.2 Å². The molecule has 1 aliphatic heterocycles. The Kier molecular flexibility index (Phi) is 6.18. The molecule has 0 radical (unpaired) electrons. The van der Waals surface area contributed by atoms with Crippen LogP contribution in [-0.2, 0) is 26.1 Å². The van der Waals surface area contributed by atoms with E-state index in [0.717, 1.165) is 10.6 Å². The lowest BCUT2D eigenvalue weighted by molar-refractivity contribution is -0.384. The Hall–Kier alpha value is -3.68. The number of fused-ring (bicyclic) bond motifs is 1. The van der Waals surface area contributed by atoms with Gasteiger partial charge in [-0.2, -0.15) is 4.31 Å². The van der Waals surface area contributed by atoms with E-state index in [0.29, 0.717) is 13.2 Å². The van der Waals surface area contributed by atoms with Crippen LogP contribution in [0.4, 0.5) is 11.4 Å². The van der Waals surface area contributed by atoms with E-state index in [9.17, 15) is 28.1 Å². The second kappa shape index (κ2) is 9.05. The quantitative estimate of drug-likeness (QED) is 0.410. The zero-order valence-electron chi connectivity index (χ0n) is 17.2. The lowest BCUT2D eigenvalue weighted by Crippen LogP contribution is -2.40. The molecule has 2 heterocycles. The number of carbonyl (C=O) groups excluding carboxylic acids is 1. The van der Waals surface area contributed by atoms with E-state index in [4.69, 9.17) is 4.74 Å². The van der Waals surface area contributed by atoms with Crippen molar-refractivity contribution < 1.29 is 22.9 Å². The predicted octanol–water partition coefficient (Wildman–Crippen LogP) is 0.964. The van der Waals surface area contributed by atoms with Crippen LogP contribution in [0.2, 0.25) is 0 Å². The monoisotopic (exact) mass is 473 g/mol. The summed E-state index contributed by atoms with van der Waals surface area (Å²) in [5.74, 6) is -0.593. The molecule has 0 saturated carbocycles. The molecule has 4 rings (SSSR count). The number of morpholine rings is 1. The lowest BCUT2D eigenvalue weighted by atomic mass is 10.2. The maximum absolute atomic E-state index is 12.8. The van der Waals surface area contributed by atoms with Gasteiger partial charge in [0.15, 0.2) is 0 Å². The van der Waals surface area contributed by atoms with Crippen molar-refractivity contribution in [2.45, 2.75) is 11.4 Å². The molecule has 1 fully saturated rings. The highest BCUT2D eigenvalue weighted by Gasteiger charge is 2.26. The van der Waals surface area contributed by atoms with Crippen molar-refractivity contribution in [3.63, 3.8) is 0 Å². The zero-order valence-corrected chi connectivity index (χ0v) is 18.0. The highest BCUT2D eigenvalue weighted by atomic mass is 32.2. The summed E-state index contributed by atoms with van der Waals surface area (Å²) in [4.78, 5) is 39.7. The molecular weight excluding hydrogens is 454 g/mol. The fourth-order valence-electron chi connectivity index (χ4n) is 3.40. The van der Waals surface area contributed by atoms with Crippen LogP contribution in [0.1, 0.15) is 0 Å². The predicted molar refractivity (Wildman–Crippen MR) is 117 cm³/mol. The number of nitro benzene ring substituents is 1. The topological polar surface area (TPSA) is 154 Å². The fraction of sp³-hybridized carbons (Fsp3) is 0.250. The Morgan fingerprint density at radius 2 is 1.94 bits per heavy atom. The van der Waals surface area contributed by atoms with Crippen LogP contribution in [0.15, 0.2) is 58.5 Å². The Balaban J connectivity index is 1.53. The van der Waals surface area contributed by atoms with Crippen molar-refractivity contribution in [2.24, 2.45) is 0 Å². The maximum Gasteiger partial charge on any atom is 0.270 e. The number of ether oxygens (including phenoxy) is 1. The molecule has 1 aromatic heterocycles. The molecule has 0 aliphatic carbocycles. The average molecular weight is 473 g/mol. The SMILES string of the molecule is O=C(Cn1cnc2ccc([N+](=O)[O-])cc2c1=O)Nc1cccc(S(=O)(=O)N2CCOCC2)c1. The number of nitrogens with one attached hydrogen (secondary N) is 1. The third kappa shape index (κ3) is 4.74. The number of non-ortho nitro benzene ring substituents is 1. The summed E-state index contributed by atoms with van der Waals surface area (Å²) in [6, 6.07) is 9.52. The first-order valence-corrected chi connectivity index (χ1v) is 11.3. The summed E-state index contributed by atoms with van der Waals surface area (Å²) in [7, 11) is -3.74. The summed E-state index contributed by atoms with van der Waals surface area (Å²) in [5, 5.41) is 13.6. The van der Waals surface area contributed by atoms with Crippen molar-refractivity contribution in [2.75, 3.05) is 31.6 Å². The van der Waals surface area contributed by atoms with E-state index in [1.165, 1.54) is 47.0 Å². The first-order valence-electron chi connectivity index (χ1n) is 9.87. The summed E-state index contributed by atoms with van der Waals surface area (Å²) < 4.78 is 33.2. The van der Waals surface area contributed by atoms with Crippen LogP contribution in [-0.4, -0.2) is 59.4 Å². The number of rotatable bonds is 6. The smallest absolute Gasteiger partial charge is 0.270 e. The van der Waals surface area contributed by atoms with Crippen molar-refractivity contribution in [3.05, 3.63) is 69.3 Å². The number of carbonyl (C=O) groups is 1. The summed E-state index contributed by atoms with van der Waals surface area (Å²) in [5.41, 5.74) is -0.362. The highest BCUT2D eigenvalue weighted by molar-refractivity contribution is 7.89. The van der Waals surface area contributed by atoms with Crippen LogP contribution < -0.4 is 10.9 Å². The molecule has 0 atom stereocenters. The summed E-state index contributed by atoms with van der Waals surface area (Å²) >= 11 is 0. The molecule has 3 aromatic rings. The van der Waals surface area contributed by atoms with Gasteiger partial charge in [-0.3, -0.25) is 24.3 Å². The number of aromatic nitrogens is 2. The van der Waals surface area contributed by atoms with Crippen LogP contribution in [0, 0.1) is 10.1 Å². The molecule has 1 N–H and O–H groups in total. The third-order valence-electron chi connectivity index (χ3n) is 5.06. The van der Waals surface area contributed by atoms with Crippen LogP contribution in [0.25, 0.3) is 10.9 Å². The van der Waals surface area contributed by atoms with Gasteiger partial charge in [0.05, 0.1) is 40.3 Å². The van der Waals surface area contributed by atoms with Crippen LogP contribution >= 0.6 is 0 Å². The number of benzene rings is 2. The van der Waals surface area contributed by atoms with Crippen molar-refractivity contribution in [3.8, 4) is 0 Å². The molecule has 0 bridgehead atoms. The molecule has 2 aromatic carbocycles. The highest BCUT2D eigenvalue weighted by Crippen LogP contribution is 2.21. The molecule has 1 amide bonds. The normalized spacial score (nSPS) is 14.8. The molecule has 1 aliphatic rings. The lowest BCUT2D eigenvalue weighted by Gasteiger charge is -2.26. The van der Waals surface area contributed by atoms with Gasteiger partial charge in [0.2, 0.25) is 15.9 Å². The molecular formula is C20H19N5O7S. The second-order valence-electron chi connectivity index (χ2n) is 7.23. The number of anilines is 1. The minimum absolute atomic E-state index is 0.0121. The van der Waals surface area contributed by atoms with Gasteiger partial charge >= 0.3 is 0 Å². The van der Waals surface area contributed by atoms with Crippen molar-refractivity contribution in [1.82, 2.24) is 13.9 Å². The standard InChI is InChI=1S/C20H19N5O7S/c26-19(12-23-13-21-18-5-4-15(25(28)29)11-17(18)20(23)27)22-14-2-1-3-16(10-14)33(30,31)24-6-8-32-9-7-24/h1-5,10-11,13H,6-9,12H2,(H,22,26). The largest absolute Gasteiger partial charge is 0.379 e. The molecule has 33 heavy (non-hydrogen) atoms. The third-order valence-corrected chi connectivity index (χ3v) is 6.95. The number of hydrogen-bond donors (Lipinski definition) is 1. The molecule has 0 spiro atoms. The Bertz CT molecular complexity index is 1400. The molecule has 13 heteroatoms. The number of hydrogen-bond acceptors (Lipinski definition) is 8. The zero-order chi connectivity index (χ0) is 23.6. The van der Waals surface area contributed by atoms with Gasteiger partial charge in [0.25, 0.3) is 11.2 Å². The second-order valence-corrected chi connectivity index (χ2v) is 9.17. The van der Waals surface area contributed by atoms with E-state index in [1.54, 1.807) is 0 Å². The van der Waals surface area contributed by atoms with E-state index in [1.807, 2.05) is 0 Å². The Labute approximate surface area is 187 Å². The molecule has 1 saturated heterocycles. The maximum atomic E-state index is 12.8. The molecule has 0 unspecified atom stereocenters. The van der Waals surface area contributed by atoms with E-state index in [2.05, 4.69) is 10.3 Å². The molecule has 172 valence electrons. The van der Waals surface area contributed by atoms with Crippen LogP contribution in [0.5, 0.6) is 0 Å². The van der Waals surface area contributed by atoms with Crippen LogP contribution in [0.3, 0.4) is 0 Å². The van der Waals surface area contributed by atoms with Gasteiger partial charge < -0.3 is 10.1 Å². The summed E-state index contributed by atoms with van der Waals surface area (Å²) in [6.45, 7) is 0.704. The van der Waals surface area contributed by atoms with Gasteiger partial charge in [0, 0.05) is 30.9 Å². The number of nitrogens with zero attached hydrogens (tertiary/aromatic N) is 4. The Morgan fingerprint density at radius 3 is 2.67 bits per heavy atom. The average Bonchev–Trinajstić information content (AvgIpc) is 2.81. The minimum atomic E-state index is -3.74. The first-order chi connectivity index (χ1) is 15.8. The minimum Gasteiger partial charge on any atom is -0.379 e. The van der Waals surface area contributed by atoms with E-state index in [-0.39, 0.29) is 40.3 Å². The van der Waals surface area contributed by atoms with E-state index >= 15 is 0 Å². The van der Waals surface area contributed by atoms with Gasteiger partial charge in [-0.05, 0) is 24.3 Å². The van der Waals surface area contributed by atoms with Gasteiger partial charge in [0.1, 0.15) is 6.54 Å². The Morgan fingerprint density at radius 1 is 1.18 bits per heavy atom. The fourth-order valence-corrected chi connectivity index (χ4v) is 4.85. The van der Waals surface area contributed by atoms with Gasteiger partial charge in [-0.25, -0.2) is 13.4 Å². The van der Waals surface area contributed by atoms with Crippen molar-refractivity contribution in [1.29, 1.82) is 0 Å². The number of sulfonamides is 1. The number of amides is 1. The van der Waals surface area contributed by atoms with Gasteiger partial charge in [-0.15, -0.1) is 0 Å². The van der Waals surface area contributed by atoms with E-state index < -0.39 is 33.0 Å². The number of nitro groups is 1. The van der Waals surface area contributed by atoms with Gasteiger partial charge in [-0.1, -0.05) is 6.07 Å². The summed E-state index contributed by atoms with van der Waals surface area (Å²) in [6.07, 6.45) is 1.18.